The molecule has 13 heavy (non-hydrogen) atoms. The SMILES string of the molecule is CC#CCCC(C)C#CC.CCC. The van der Waals surface area contributed by atoms with Crippen LogP contribution in [0.5, 0.6) is 0 Å². The van der Waals surface area contributed by atoms with Crippen LogP contribution in [0, 0.1) is 29.6 Å². The van der Waals surface area contributed by atoms with Gasteiger partial charge in [-0.25, -0.2) is 0 Å². The molecule has 0 aliphatic heterocycles. The molecule has 0 radical (unpaired) electrons. The predicted molar refractivity (Wildman–Crippen MR) is 61.3 cm³/mol. The monoisotopic (exact) mass is 178 g/mol. The topological polar surface area (TPSA) is 0 Å². The van der Waals surface area contributed by atoms with E-state index in [1.807, 2.05) is 13.8 Å². The first-order valence-electron chi connectivity index (χ1n) is 5.04. The maximum atomic E-state index is 3.09. The largest absolute Gasteiger partial charge is 0.107 e. The molecule has 0 amide bonds. The van der Waals surface area contributed by atoms with Crippen LogP contribution in [0.4, 0.5) is 0 Å². The average molecular weight is 178 g/mol. The molecule has 0 bridgehead atoms. The zero-order chi connectivity index (χ0) is 10.5. The standard InChI is InChI=1S/C10H14.C3H8/c1-4-6-7-9-10(3)8-5-2;1-3-2/h10H,7,9H2,1-3H3;3H2,1-2H3. The van der Waals surface area contributed by atoms with Gasteiger partial charge in [0.1, 0.15) is 0 Å². The lowest BCUT2D eigenvalue weighted by Gasteiger charge is -1.96. The molecule has 0 aliphatic rings. The zero-order valence-electron chi connectivity index (χ0n) is 9.70. The second-order valence-corrected chi connectivity index (χ2v) is 2.97. The van der Waals surface area contributed by atoms with Crippen LogP contribution in [0.3, 0.4) is 0 Å². The minimum atomic E-state index is 0.505. The van der Waals surface area contributed by atoms with E-state index < -0.39 is 0 Å². The Kier molecular flexibility index (Phi) is 15.4. The van der Waals surface area contributed by atoms with E-state index in [0.717, 1.165) is 12.8 Å². The van der Waals surface area contributed by atoms with Crippen LogP contribution < -0.4 is 0 Å². The third-order valence-electron chi connectivity index (χ3n) is 1.27. The Morgan fingerprint density at radius 3 is 2.00 bits per heavy atom. The van der Waals surface area contributed by atoms with Gasteiger partial charge in [0, 0.05) is 12.3 Å². The molecular weight excluding hydrogens is 156 g/mol. The van der Waals surface area contributed by atoms with Gasteiger partial charge in [-0.3, -0.25) is 0 Å². The number of hydrogen-bond donors (Lipinski definition) is 0. The Morgan fingerprint density at radius 1 is 1.08 bits per heavy atom. The predicted octanol–water partition coefficient (Wildman–Crippen LogP) is 3.87. The molecule has 0 aliphatic carbocycles. The molecule has 0 aromatic heterocycles. The molecule has 0 saturated heterocycles. The molecule has 0 aromatic carbocycles. The summed E-state index contributed by atoms with van der Waals surface area (Å²) in [5.74, 6) is 12.4. The van der Waals surface area contributed by atoms with Crippen molar-refractivity contribution in [2.24, 2.45) is 5.92 Å². The summed E-state index contributed by atoms with van der Waals surface area (Å²) in [5.41, 5.74) is 0. The van der Waals surface area contributed by atoms with Gasteiger partial charge in [-0.2, -0.15) is 0 Å². The van der Waals surface area contributed by atoms with Crippen LogP contribution in [-0.2, 0) is 0 Å². The summed E-state index contributed by atoms with van der Waals surface area (Å²) in [6.07, 6.45) is 3.33. The summed E-state index contributed by atoms with van der Waals surface area (Å²) in [4.78, 5) is 0. The van der Waals surface area contributed by atoms with Gasteiger partial charge in [0.15, 0.2) is 0 Å². The van der Waals surface area contributed by atoms with Gasteiger partial charge in [0.25, 0.3) is 0 Å². The summed E-state index contributed by atoms with van der Waals surface area (Å²) in [6.45, 7) is 10.1. The third kappa shape index (κ3) is 18.2. The summed E-state index contributed by atoms with van der Waals surface area (Å²) >= 11 is 0. The van der Waals surface area contributed by atoms with Crippen molar-refractivity contribution in [3.63, 3.8) is 0 Å². The fourth-order valence-corrected chi connectivity index (χ4v) is 0.732. The minimum absolute atomic E-state index is 0.505. The zero-order valence-corrected chi connectivity index (χ0v) is 9.70. The van der Waals surface area contributed by atoms with Crippen molar-refractivity contribution >= 4 is 0 Å². The Labute approximate surface area is 84.1 Å². The van der Waals surface area contributed by atoms with Crippen molar-refractivity contribution in [3.05, 3.63) is 0 Å². The van der Waals surface area contributed by atoms with Crippen molar-refractivity contribution in [2.45, 2.75) is 53.9 Å². The summed E-state index contributed by atoms with van der Waals surface area (Å²) in [6, 6.07) is 0. The van der Waals surface area contributed by atoms with Gasteiger partial charge < -0.3 is 0 Å². The van der Waals surface area contributed by atoms with Gasteiger partial charge in [0.2, 0.25) is 0 Å². The van der Waals surface area contributed by atoms with E-state index in [-0.39, 0.29) is 0 Å². The number of rotatable bonds is 2. The van der Waals surface area contributed by atoms with Gasteiger partial charge in [-0.05, 0) is 20.3 Å². The van der Waals surface area contributed by atoms with E-state index in [1.54, 1.807) is 0 Å². The van der Waals surface area contributed by atoms with E-state index in [9.17, 15) is 0 Å². The molecule has 0 fully saturated rings. The number of hydrogen-bond acceptors (Lipinski definition) is 0. The first-order valence-corrected chi connectivity index (χ1v) is 5.04. The summed E-state index contributed by atoms with van der Waals surface area (Å²) < 4.78 is 0. The Morgan fingerprint density at radius 2 is 1.62 bits per heavy atom. The van der Waals surface area contributed by atoms with Crippen LogP contribution in [0.15, 0.2) is 0 Å². The van der Waals surface area contributed by atoms with Gasteiger partial charge in [-0.1, -0.05) is 27.2 Å². The first kappa shape index (κ1) is 14.6. The molecule has 0 saturated carbocycles. The highest BCUT2D eigenvalue weighted by Crippen LogP contribution is 2.01. The van der Waals surface area contributed by atoms with E-state index in [2.05, 4.69) is 44.5 Å². The van der Waals surface area contributed by atoms with Crippen LogP contribution in [0.2, 0.25) is 0 Å². The van der Waals surface area contributed by atoms with Crippen molar-refractivity contribution < 1.29 is 0 Å². The van der Waals surface area contributed by atoms with Crippen molar-refractivity contribution in [2.75, 3.05) is 0 Å². The summed E-state index contributed by atoms with van der Waals surface area (Å²) in [7, 11) is 0. The van der Waals surface area contributed by atoms with Gasteiger partial charge in [0.05, 0.1) is 0 Å². The molecule has 1 unspecified atom stereocenters. The van der Waals surface area contributed by atoms with Crippen LogP contribution in [0.25, 0.3) is 0 Å². The Balaban J connectivity index is 0. The van der Waals surface area contributed by atoms with Gasteiger partial charge in [-0.15, -0.1) is 23.7 Å². The molecule has 0 rings (SSSR count). The molecule has 0 heteroatoms. The van der Waals surface area contributed by atoms with E-state index in [1.165, 1.54) is 6.42 Å². The third-order valence-corrected chi connectivity index (χ3v) is 1.27. The molecule has 0 nitrogen and oxygen atoms in total. The molecule has 1 atom stereocenters. The lowest BCUT2D eigenvalue weighted by Crippen LogP contribution is -1.87. The molecule has 0 heterocycles. The highest BCUT2D eigenvalue weighted by molar-refractivity contribution is 5.02. The Bertz CT molecular complexity index is 192. The minimum Gasteiger partial charge on any atom is -0.107 e. The maximum Gasteiger partial charge on any atom is 0.0183 e. The van der Waals surface area contributed by atoms with E-state index >= 15 is 0 Å². The molecule has 0 N–H and O–H groups in total. The quantitative estimate of drug-likeness (QED) is 0.563. The molecule has 0 spiro atoms. The maximum absolute atomic E-state index is 3.09. The van der Waals surface area contributed by atoms with Crippen LogP contribution >= 0.6 is 0 Å². The fourth-order valence-electron chi connectivity index (χ4n) is 0.732. The normalized spacial score (nSPS) is 9.31. The smallest absolute Gasteiger partial charge is 0.0183 e. The molecule has 74 valence electrons. The van der Waals surface area contributed by atoms with Crippen molar-refractivity contribution in [3.8, 4) is 23.7 Å². The highest BCUT2D eigenvalue weighted by atomic mass is 14.0. The van der Waals surface area contributed by atoms with E-state index in [0.29, 0.717) is 5.92 Å². The lowest BCUT2D eigenvalue weighted by molar-refractivity contribution is 0.687. The van der Waals surface area contributed by atoms with E-state index in [4.69, 9.17) is 0 Å². The fraction of sp³-hybridized carbons (Fsp3) is 0.692. The van der Waals surface area contributed by atoms with Crippen molar-refractivity contribution in [1.82, 2.24) is 0 Å². The Hall–Kier alpha value is -0.880. The molecular formula is C13H22. The van der Waals surface area contributed by atoms with Gasteiger partial charge >= 0.3 is 0 Å². The average Bonchev–Trinajstić information content (AvgIpc) is 2.07. The summed E-state index contributed by atoms with van der Waals surface area (Å²) in [5, 5.41) is 0. The highest BCUT2D eigenvalue weighted by Gasteiger charge is 1.92. The van der Waals surface area contributed by atoms with Crippen LogP contribution in [0.1, 0.15) is 53.9 Å². The second kappa shape index (κ2) is 13.7. The van der Waals surface area contributed by atoms with Crippen LogP contribution in [-0.4, -0.2) is 0 Å². The molecule has 0 aromatic rings. The first-order chi connectivity index (χ1) is 6.22. The van der Waals surface area contributed by atoms with Crippen molar-refractivity contribution in [1.29, 1.82) is 0 Å². The second-order valence-electron chi connectivity index (χ2n) is 2.97. The lowest BCUT2D eigenvalue weighted by atomic mass is 10.1.